The Bertz CT molecular complexity index is 998. The van der Waals surface area contributed by atoms with Crippen LogP contribution in [0.2, 0.25) is 0 Å². The predicted octanol–water partition coefficient (Wildman–Crippen LogP) is 2.05. The fourth-order valence-corrected chi connectivity index (χ4v) is 3.31. The zero-order chi connectivity index (χ0) is 18.3. The fourth-order valence-electron chi connectivity index (χ4n) is 3.31. The number of piperidine rings is 1. The highest BCUT2D eigenvalue weighted by Gasteiger charge is 2.24. The van der Waals surface area contributed by atoms with Crippen molar-refractivity contribution in [2.24, 2.45) is 0 Å². The minimum atomic E-state index is -0.924. The summed E-state index contributed by atoms with van der Waals surface area (Å²) in [6.45, 7) is 1.74. The van der Waals surface area contributed by atoms with E-state index in [4.69, 9.17) is 5.73 Å². The van der Waals surface area contributed by atoms with E-state index in [1.54, 1.807) is 0 Å². The van der Waals surface area contributed by atoms with Crippen molar-refractivity contribution in [3.63, 3.8) is 0 Å². The molecule has 1 aliphatic rings. The van der Waals surface area contributed by atoms with Crippen molar-refractivity contribution in [1.82, 2.24) is 25.1 Å². The molecule has 3 aromatic rings. The van der Waals surface area contributed by atoms with Gasteiger partial charge in [0.25, 0.3) is 0 Å². The van der Waals surface area contributed by atoms with Crippen molar-refractivity contribution in [3.05, 3.63) is 40.5 Å². The average molecular weight is 357 g/mol. The molecule has 10 heteroatoms. The molecule has 0 spiro atoms. The van der Waals surface area contributed by atoms with E-state index in [1.807, 2.05) is 4.68 Å². The van der Waals surface area contributed by atoms with Crippen molar-refractivity contribution >= 4 is 22.5 Å². The van der Waals surface area contributed by atoms with Crippen LogP contribution in [-0.4, -0.2) is 37.8 Å². The zero-order valence-electron chi connectivity index (χ0n) is 13.7. The molecule has 26 heavy (non-hydrogen) atoms. The number of hydrogen-bond acceptors (Lipinski definition) is 7. The van der Waals surface area contributed by atoms with Gasteiger partial charge in [0.2, 0.25) is 5.82 Å². The van der Waals surface area contributed by atoms with Gasteiger partial charge in [-0.05, 0) is 38.1 Å². The van der Waals surface area contributed by atoms with E-state index in [2.05, 4.69) is 20.4 Å². The largest absolute Gasteiger partial charge is 0.383 e. The van der Waals surface area contributed by atoms with Crippen LogP contribution in [0.3, 0.4) is 0 Å². The van der Waals surface area contributed by atoms with Crippen molar-refractivity contribution in [3.8, 4) is 11.3 Å². The van der Waals surface area contributed by atoms with Gasteiger partial charge in [-0.2, -0.15) is 9.49 Å². The molecule has 2 aromatic heterocycles. The number of nitro groups is 1. The number of nitrogen functional groups attached to an aromatic ring is 1. The molecule has 4 rings (SSSR count). The van der Waals surface area contributed by atoms with E-state index in [0.717, 1.165) is 38.1 Å². The van der Waals surface area contributed by atoms with Crippen LogP contribution in [0.4, 0.5) is 15.9 Å². The van der Waals surface area contributed by atoms with E-state index < -0.39 is 16.4 Å². The summed E-state index contributed by atoms with van der Waals surface area (Å²) < 4.78 is 15.9. The van der Waals surface area contributed by atoms with Gasteiger partial charge in [-0.15, -0.1) is 0 Å². The number of nitrogens with zero attached hydrogens (tertiary/aromatic N) is 5. The molecular weight excluding hydrogens is 341 g/mol. The maximum absolute atomic E-state index is 14.1. The second kappa shape index (κ2) is 6.30. The summed E-state index contributed by atoms with van der Waals surface area (Å²) in [5.74, 6) is -0.684. The molecule has 1 aromatic carbocycles. The first-order chi connectivity index (χ1) is 12.6. The van der Waals surface area contributed by atoms with Gasteiger partial charge < -0.3 is 11.1 Å². The van der Waals surface area contributed by atoms with Crippen LogP contribution >= 0.6 is 0 Å². The highest BCUT2D eigenvalue weighted by Crippen LogP contribution is 2.34. The molecule has 3 heterocycles. The molecule has 0 unspecified atom stereocenters. The summed E-state index contributed by atoms with van der Waals surface area (Å²) in [6.07, 6.45) is 3.14. The fraction of sp³-hybridized carbons (Fsp3) is 0.312. The molecule has 0 saturated carbocycles. The molecule has 0 amide bonds. The Morgan fingerprint density at radius 2 is 2.08 bits per heavy atom. The van der Waals surface area contributed by atoms with Crippen molar-refractivity contribution < 1.29 is 9.31 Å². The third-order valence-corrected chi connectivity index (χ3v) is 4.59. The lowest BCUT2D eigenvalue weighted by atomic mass is 10.1. The van der Waals surface area contributed by atoms with Gasteiger partial charge in [0.05, 0.1) is 16.4 Å². The summed E-state index contributed by atoms with van der Waals surface area (Å²) in [5, 5.41) is 19.3. The van der Waals surface area contributed by atoms with Crippen molar-refractivity contribution in [2.45, 2.75) is 18.9 Å². The smallest absolute Gasteiger partial charge is 0.304 e. The quantitative estimate of drug-likeness (QED) is 0.543. The van der Waals surface area contributed by atoms with Crippen molar-refractivity contribution in [2.75, 3.05) is 18.8 Å². The lowest BCUT2D eigenvalue weighted by molar-refractivity contribution is -0.387. The number of nitro benzene ring substituents is 1. The lowest BCUT2D eigenvalue weighted by Crippen LogP contribution is -2.30. The van der Waals surface area contributed by atoms with Gasteiger partial charge in [-0.3, -0.25) is 10.1 Å². The Kier molecular flexibility index (Phi) is 3.96. The number of hydrogen-bond donors (Lipinski definition) is 2. The molecule has 1 fully saturated rings. The number of anilines is 1. The summed E-state index contributed by atoms with van der Waals surface area (Å²) in [7, 11) is 0. The average Bonchev–Trinajstić information content (AvgIpc) is 3.03. The van der Waals surface area contributed by atoms with Gasteiger partial charge in [0.15, 0.2) is 5.65 Å². The third-order valence-electron chi connectivity index (χ3n) is 4.59. The lowest BCUT2D eigenvalue weighted by Gasteiger charge is -2.23. The third kappa shape index (κ3) is 2.64. The van der Waals surface area contributed by atoms with Gasteiger partial charge in [-0.25, -0.2) is 14.6 Å². The van der Waals surface area contributed by atoms with Crippen LogP contribution in [0.1, 0.15) is 18.9 Å². The molecule has 9 nitrogen and oxygen atoms in total. The topological polar surface area (TPSA) is 125 Å². The molecule has 1 aliphatic heterocycles. The maximum Gasteiger partial charge on any atom is 0.304 e. The summed E-state index contributed by atoms with van der Waals surface area (Å²) in [4.78, 5) is 18.4. The zero-order valence-corrected chi connectivity index (χ0v) is 13.7. The van der Waals surface area contributed by atoms with E-state index in [-0.39, 0.29) is 11.9 Å². The highest BCUT2D eigenvalue weighted by atomic mass is 19.1. The van der Waals surface area contributed by atoms with Gasteiger partial charge in [0.1, 0.15) is 17.8 Å². The number of aromatic nitrogens is 4. The predicted molar refractivity (Wildman–Crippen MR) is 92.9 cm³/mol. The maximum atomic E-state index is 14.1. The molecule has 0 aliphatic carbocycles. The molecule has 0 atom stereocenters. The molecule has 1 saturated heterocycles. The van der Waals surface area contributed by atoms with E-state index >= 15 is 0 Å². The molecule has 134 valence electrons. The number of nitrogens with one attached hydrogen (secondary N) is 1. The minimum Gasteiger partial charge on any atom is -0.383 e. The number of benzene rings is 1. The first-order valence-corrected chi connectivity index (χ1v) is 8.20. The normalized spacial score (nSPS) is 15.4. The highest BCUT2D eigenvalue weighted by molar-refractivity contribution is 5.98. The second-order valence-corrected chi connectivity index (χ2v) is 6.16. The number of fused-ring (bicyclic) bond motifs is 1. The molecule has 0 radical (unpaired) electrons. The van der Waals surface area contributed by atoms with Crippen molar-refractivity contribution in [1.29, 1.82) is 0 Å². The Labute approximate surface area is 147 Å². The van der Waals surface area contributed by atoms with Crippen LogP contribution in [0, 0.1) is 15.9 Å². The van der Waals surface area contributed by atoms with Crippen LogP contribution in [-0.2, 0) is 0 Å². The van der Waals surface area contributed by atoms with Crippen LogP contribution in [0.25, 0.3) is 22.3 Å². The monoisotopic (exact) mass is 357 g/mol. The van der Waals surface area contributed by atoms with Gasteiger partial charge in [-0.1, -0.05) is 0 Å². The summed E-state index contributed by atoms with van der Waals surface area (Å²) in [6, 6.07) is 3.83. The number of halogens is 1. The first-order valence-electron chi connectivity index (χ1n) is 8.20. The number of nitrogens with two attached hydrogens (primary N) is 1. The van der Waals surface area contributed by atoms with Gasteiger partial charge >= 0.3 is 5.69 Å². The van der Waals surface area contributed by atoms with E-state index in [0.29, 0.717) is 22.3 Å². The summed E-state index contributed by atoms with van der Waals surface area (Å²) >= 11 is 0. The minimum absolute atomic E-state index is 0.143. The van der Waals surface area contributed by atoms with E-state index in [9.17, 15) is 14.5 Å². The van der Waals surface area contributed by atoms with Crippen LogP contribution < -0.4 is 11.1 Å². The molecular formula is C16H16FN7O2. The number of rotatable bonds is 3. The van der Waals surface area contributed by atoms with Gasteiger partial charge in [0, 0.05) is 11.6 Å². The Morgan fingerprint density at radius 3 is 2.77 bits per heavy atom. The SMILES string of the molecule is Nc1ncnc2c1c(-c1ccc([N+](=O)[O-])c(F)c1)nn2C1CCNCC1. The van der Waals surface area contributed by atoms with Crippen LogP contribution in [0.5, 0.6) is 0 Å². The summed E-state index contributed by atoms with van der Waals surface area (Å²) in [5.41, 5.74) is 6.85. The Balaban J connectivity index is 1.90. The van der Waals surface area contributed by atoms with Crippen LogP contribution in [0.15, 0.2) is 24.5 Å². The first kappa shape index (κ1) is 16.3. The Morgan fingerprint density at radius 1 is 1.31 bits per heavy atom. The molecule has 3 N–H and O–H groups in total. The second-order valence-electron chi connectivity index (χ2n) is 6.16. The standard InChI is InChI=1S/C16H16FN7O2/c17-11-7-9(1-2-12(11)24(25)26)14-13-15(18)20-8-21-16(13)23(22-14)10-3-5-19-6-4-10/h1-2,7-8,10,19H,3-6H2,(H2,18,20,21). The van der Waals surface area contributed by atoms with E-state index in [1.165, 1.54) is 12.4 Å². The molecule has 0 bridgehead atoms. The Hall–Kier alpha value is -3.14.